The van der Waals surface area contributed by atoms with Crippen molar-refractivity contribution in [3.05, 3.63) is 146 Å². The zero-order valence-electron chi connectivity index (χ0n) is 49.6. The third kappa shape index (κ3) is 56.4. The molecule has 2 N–H and O–H groups in total. The number of quaternary nitrogens is 1. The molecule has 0 spiro atoms. The number of nitrogens with one attached hydrogen (secondary N) is 1. The van der Waals surface area contributed by atoms with E-state index in [2.05, 4.69) is 160 Å². The van der Waals surface area contributed by atoms with Crippen LogP contribution in [-0.2, 0) is 27.9 Å². The monoisotopic (exact) mass is 1090 g/mol. The Bertz CT molecular complexity index is 1830. The van der Waals surface area contributed by atoms with Crippen LogP contribution in [0, 0.1) is 0 Å². The van der Waals surface area contributed by atoms with Crippen molar-refractivity contribution in [2.24, 2.45) is 0 Å². The van der Waals surface area contributed by atoms with Gasteiger partial charge in [-0.1, -0.05) is 225 Å². The van der Waals surface area contributed by atoms with Crippen LogP contribution in [-0.4, -0.2) is 74.3 Å². The quantitative estimate of drug-likeness (QED) is 0.0205. The molecule has 0 bridgehead atoms. The Balaban J connectivity index is 5.38. The molecule has 0 aromatic carbocycles. The van der Waals surface area contributed by atoms with Crippen molar-refractivity contribution in [2.45, 2.75) is 226 Å². The maximum Gasteiger partial charge on any atom is 0.472 e. The predicted molar refractivity (Wildman–Crippen MR) is 332 cm³/mol. The highest BCUT2D eigenvalue weighted by molar-refractivity contribution is 7.47. The Morgan fingerprint density at radius 1 is 0.468 bits per heavy atom. The molecule has 3 unspecified atom stereocenters. The number of ether oxygens (including phenoxy) is 1. The number of esters is 1. The highest BCUT2D eigenvalue weighted by Gasteiger charge is 2.30. The first-order valence-corrected chi connectivity index (χ1v) is 31.7. The number of phosphoric ester groups is 1. The highest BCUT2D eigenvalue weighted by atomic mass is 31.2. The van der Waals surface area contributed by atoms with Crippen LogP contribution in [0.5, 0.6) is 0 Å². The number of rotatable bonds is 52. The van der Waals surface area contributed by atoms with Gasteiger partial charge >= 0.3 is 13.8 Å². The standard InChI is InChI=1S/C67H111N2O7P/c1-7-10-13-16-19-22-25-27-29-31-32-33-34-35-36-38-40-42-45-48-51-54-57-60-67(71)76-65(58-55-52-49-46-43-24-21-18-15-12-9-3)64(63-75-77(72,73)74-62-61-69(4,5)6)68-66(70)59-56-53-50-47-44-41-39-37-30-28-26-23-20-17-14-11-8-2/h10-11,13-14,19-20,22-23,27-30,32-33,35-36,39-42,47,50,55,58,64-65H,7-9,12,15-18,21,24-26,31,34,37-38,43-46,48-49,51-54,56-57,59-63H2,1-6H3,(H-,68,70,72,73)/p+1/b13-10-,14-11-,22-19-,23-20-,29-27-,30-28-,33-32-,36-35-,41-39-,42-40-,50-47-,58-55-. The van der Waals surface area contributed by atoms with Crippen molar-refractivity contribution >= 4 is 19.7 Å². The lowest BCUT2D eigenvalue weighted by Crippen LogP contribution is -2.47. The number of unbranched alkanes of at least 4 members (excludes halogenated alkanes) is 14. The van der Waals surface area contributed by atoms with Gasteiger partial charge in [0, 0.05) is 12.8 Å². The van der Waals surface area contributed by atoms with Gasteiger partial charge in [0.15, 0.2) is 0 Å². The number of carbonyl (C=O) groups excluding carboxylic acids is 2. The molecule has 0 rings (SSSR count). The molecule has 0 aliphatic carbocycles. The summed E-state index contributed by atoms with van der Waals surface area (Å²) in [6, 6.07) is -0.900. The molecule has 0 saturated carbocycles. The van der Waals surface area contributed by atoms with E-state index in [-0.39, 0.29) is 37.9 Å². The van der Waals surface area contributed by atoms with E-state index in [1.807, 2.05) is 33.3 Å². The van der Waals surface area contributed by atoms with Crippen LogP contribution in [0.1, 0.15) is 213 Å². The fourth-order valence-electron chi connectivity index (χ4n) is 7.68. The summed E-state index contributed by atoms with van der Waals surface area (Å²) in [5.41, 5.74) is 0. The van der Waals surface area contributed by atoms with E-state index in [1.54, 1.807) is 0 Å². The molecule has 436 valence electrons. The molecule has 77 heavy (non-hydrogen) atoms. The summed E-state index contributed by atoms with van der Waals surface area (Å²) in [7, 11) is 1.42. The average Bonchev–Trinajstić information content (AvgIpc) is 3.39. The second kappa shape index (κ2) is 55.2. The molecule has 0 radical (unpaired) electrons. The first kappa shape index (κ1) is 72.9. The van der Waals surface area contributed by atoms with Crippen LogP contribution >= 0.6 is 7.82 Å². The molecule has 0 aromatic rings. The second-order valence-electron chi connectivity index (χ2n) is 20.8. The van der Waals surface area contributed by atoms with Crippen molar-refractivity contribution < 1.29 is 37.3 Å². The number of hydrogen-bond acceptors (Lipinski definition) is 6. The lowest BCUT2D eigenvalue weighted by atomic mass is 10.1. The number of allylic oxidation sites excluding steroid dienone is 23. The molecule has 0 heterocycles. The maximum atomic E-state index is 13.5. The third-order valence-electron chi connectivity index (χ3n) is 12.3. The number of hydrogen-bond donors (Lipinski definition) is 2. The van der Waals surface area contributed by atoms with Gasteiger partial charge in [-0.25, -0.2) is 4.57 Å². The second-order valence-corrected chi connectivity index (χ2v) is 22.2. The minimum atomic E-state index is -4.48. The van der Waals surface area contributed by atoms with Crippen molar-refractivity contribution in [3.63, 3.8) is 0 Å². The molecule has 0 aliphatic rings. The van der Waals surface area contributed by atoms with Crippen LogP contribution in [0.3, 0.4) is 0 Å². The molecule has 1 amide bonds. The van der Waals surface area contributed by atoms with Gasteiger partial charge < -0.3 is 19.4 Å². The minimum absolute atomic E-state index is 0.0164. The summed E-state index contributed by atoms with van der Waals surface area (Å²) in [6.45, 7) is 6.68. The van der Waals surface area contributed by atoms with Gasteiger partial charge in [0.1, 0.15) is 19.3 Å². The zero-order valence-corrected chi connectivity index (χ0v) is 50.5. The van der Waals surface area contributed by atoms with E-state index in [1.165, 1.54) is 44.9 Å². The van der Waals surface area contributed by atoms with E-state index in [0.29, 0.717) is 23.9 Å². The molecule has 10 heteroatoms. The highest BCUT2D eigenvalue weighted by Crippen LogP contribution is 2.43. The zero-order chi connectivity index (χ0) is 56.4. The molecular formula is C67H112N2O7P+. The van der Waals surface area contributed by atoms with E-state index < -0.39 is 20.0 Å². The molecule has 0 saturated heterocycles. The maximum absolute atomic E-state index is 13.5. The van der Waals surface area contributed by atoms with Crippen molar-refractivity contribution in [1.29, 1.82) is 0 Å². The van der Waals surface area contributed by atoms with Gasteiger partial charge in [-0.05, 0) is 122 Å². The summed E-state index contributed by atoms with van der Waals surface area (Å²) in [5, 5.41) is 3.00. The van der Waals surface area contributed by atoms with Crippen molar-refractivity contribution in [1.82, 2.24) is 5.32 Å². The molecule has 3 atom stereocenters. The minimum Gasteiger partial charge on any atom is -0.456 e. The SMILES string of the molecule is CC/C=C\C/C=C\C/C=C\C/C=C\C/C=C\C/C=C\CCCCCCC(=O)OC(/C=C\CCCCCCCCCCC)C(COP(=O)(O)OCC[N+](C)(C)C)NC(=O)CCC/C=C\C/C=C\C/C=C\C/C=C\C/C=C\CC. The summed E-state index contributed by atoms with van der Waals surface area (Å²) >= 11 is 0. The van der Waals surface area contributed by atoms with E-state index in [4.69, 9.17) is 13.8 Å². The fourth-order valence-corrected chi connectivity index (χ4v) is 8.42. The van der Waals surface area contributed by atoms with Gasteiger partial charge in [0.2, 0.25) is 5.91 Å². The number of phosphoric acid groups is 1. The molecular weight excluding hydrogens is 976 g/mol. The first-order valence-electron chi connectivity index (χ1n) is 30.2. The van der Waals surface area contributed by atoms with Gasteiger partial charge in [-0.2, -0.15) is 0 Å². The fraction of sp³-hybridized carbons (Fsp3) is 0.612. The van der Waals surface area contributed by atoms with Gasteiger partial charge in [-0.15, -0.1) is 0 Å². The Kier molecular flexibility index (Phi) is 52.3. The van der Waals surface area contributed by atoms with Crippen LogP contribution in [0.15, 0.2) is 146 Å². The molecule has 0 aliphatic heterocycles. The largest absolute Gasteiger partial charge is 0.472 e. The summed E-state index contributed by atoms with van der Waals surface area (Å²) in [5.74, 6) is -0.617. The summed E-state index contributed by atoms with van der Waals surface area (Å²) in [4.78, 5) is 37.6. The van der Waals surface area contributed by atoms with Crippen molar-refractivity contribution in [3.8, 4) is 0 Å². The van der Waals surface area contributed by atoms with Crippen LogP contribution in [0.2, 0.25) is 0 Å². The normalized spacial score (nSPS) is 14.7. The van der Waals surface area contributed by atoms with Crippen LogP contribution in [0.4, 0.5) is 0 Å². The Hall–Kier alpha value is -4.11. The third-order valence-corrected chi connectivity index (χ3v) is 13.3. The number of amides is 1. The summed E-state index contributed by atoms with van der Waals surface area (Å²) < 4.78 is 30.6. The summed E-state index contributed by atoms with van der Waals surface area (Å²) in [6.07, 6.45) is 80.0. The smallest absolute Gasteiger partial charge is 0.456 e. The van der Waals surface area contributed by atoms with E-state index >= 15 is 0 Å². The number of nitrogens with zero attached hydrogens (tertiary/aromatic N) is 1. The predicted octanol–water partition coefficient (Wildman–Crippen LogP) is 18.7. The average molecular weight is 1090 g/mol. The molecule has 0 aromatic heterocycles. The van der Waals surface area contributed by atoms with Crippen LogP contribution < -0.4 is 5.32 Å². The van der Waals surface area contributed by atoms with Crippen LogP contribution in [0.25, 0.3) is 0 Å². The van der Waals surface area contributed by atoms with Gasteiger partial charge in [0.05, 0.1) is 33.8 Å². The lowest BCUT2D eigenvalue weighted by molar-refractivity contribution is -0.870. The van der Waals surface area contributed by atoms with Gasteiger partial charge in [-0.3, -0.25) is 18.6 Å². The molecule has 0 fully saturated rings. The number of carbonyl (C=O) groups is 2. The van der Waals surface area contributed by atoms with E-state index in [9.17, 15) is 19.0 Å². The van der Waals surface area contributed by atoms with Gasteiger partial charge in [0.25, 0.3) is 0 Å². The Morgan fingerprint density at radius 2 is 0.844 bits per heavy atom. The number of likely N-dealkylation sites (N-methyl/N-ethyl adjacent to an activating group) is 1. The molecule has 9 nitrogen and oxygen atoms in total. The Morgan fingerprint density at radius 3 is 1.27 bits per heavy atom. The van der Waals surface area contributed by atoms with Crippen molar-refractivity contribution in [2.75, 3.05) is 40.9 Å². The lowest BCUT2D eigenvalue weighted by Gasteiger charge is -2.27. The first-order chi connectivity index (χ1) is 37.4. The Labute approximate surface area is 472 Å². The van der Waals surface area contributed by atoms with E-state index in [0.717, 1.165) is 122 Å². The topological polar surface area (TPSA) is 111 Å².